The van der Waals surface area contributed by atoms with Crippen LogP contribution < -0.4 is 5.32 Å². The Morgan fingerprint density at radius 2 is 2.00 bits per heavy atom. The highest BCUT2D eigenvalue weighted by molar-refractivity contribution is 7.17. The summed E-state index contributed by atoms with van der Waals surface area (Å²) in [6.45, 7) is 0. The molecule has 0 aliphatic heterocycles. The lowest BCUT2D eigenvalue weighted by atomic mass is 9.90. The van der Waals surface area contributed by atoms with Crippen LogP contribution in [0.1, 0.15) is 34.6 Å². The molecule has 1 heterocycles. The van der Waals surface area contributed by atoms with Crippen LogP contribution in [0.4, 0.5) is 5.13 Å². The van der Waals surface area contributed by atoms with Gasteiger partial charge in [0.05, 0.1) is 16.5 Å². The van der Waals surface area contributed by atoms with Gasteiger partial charge in [0.2, 0.25) is 5.91 Å². The third-order valence-electron chi connectivity index (χ3n) is 3.35. The molecule has 1 saturated carbocycles. The average Bonchev–Trinajstić information content (AvgIpc) is 3.11. The molecular weight excluding hydrogens is 268 g/mol. The number of rotatable bonds is 3. The minimum absolute atomic E-state index is 0.0144. The van der Waals surface area contributed by atoms with E-state index in [1.807, 2.05) is 0 Å². The maximum Gasteiger partial charge on any atom is 0.307 e. The topological polar surface area (TPSA) is 96.4 Å². The first kappa shape index (κ1) is 12.3. The average molecular weight is 280 g/mol. The second kappa shape index (κ2) is 4.41. The molecule has 1 atom stereocenters. The van der Waals surface area contributed by atoms with E-state index in [4.69, 9.17) is 5.11 Å². The summed E-state index contributed by atoms with van der Waals surface area (Å²) in [4.78, 5) is 39.1. The molecular formula is C12H12N2O4S. The highest BCUT2D eigenvalue weighted by Crippen LogP contribution is 2.34. The van der Waals surface area contributed by atoms with Crippen molar-refractivity contribution in [2.75, 3.05) is 5.32 Å². The highest BCUT2D eigenvalue weighted by Gasteiger charge is 2.34. The zero-order chi connectivity index (χ0) is 13.6. The second-order valence-electron chi connectivity index (χ2n) is 4.92. The van der Waals surface area contributed by atoms with Gasteiger partial charge in [-0.3, -0.25) is 14.4 Å². The van der Waals surface area contributed by atoms with E-state index in [1.54, 1.807) is 0 Å². The Morgan fingerprint density at radius 3 is 2.63 bits per heavy atom. The van der Waals surface area contributed by atoms with E-state index < -0.39 is 11.9 Å². The number of carbonyl (C=O) groups excluding carboxylic acids is 2. The van der Waals surface area contributed by atoms with Crippen LogP contribution in [-0.2, 0) is 16.0 Å². The van der Waals surface area contributed by atoms with Crippen molar-refractivity contribution in [3.05, 3.63) is 10.6 Å². The van der Waals surface area contributed by atoms with Crippen molar-refractivity contribution >= 4 is 34.1 Å². The van der Waals surface area contributed by atoms with Crippen molar-refractivity contribution in [3.63, 3.8) is 0 Å². The molecule has 1 aromatic heterocycles. The smallest absolute Gasteiger partial charge is 0.307 e. The number of nitrogens with zero attached hydrogens (tertiary/aromatic N) is 1. The maximum absolute atomic E-state index is 11.8. The van der Waals surface area contributed by atoms with Gasteiger partial charge in [-0.25, -0.2) is 4.98 Å². The summed E-state index contributed by atoms with van der Waals surface area (Å²) in [5, 5.41) is 12.1. The largest absolute Gasteiger partial charge is 0.481 e. The molecule has 6 nitrogen and oxygen atoms in total. The minimum atomic E-state index is -0.976. The zero-order valence-electron chi connectivity index (χ0n) is 10.0. The predicted octanol–water partition coefficient (Wildman–Crippen LogP) is 1.32. The van der Waals surface area contributed by atoms with E-state index in [1.165, 1.54) is 0 Å². The molecule has 2 aliphatic rings. The van der Waals surface area contributed by atoms with Crippen LogP contribution in [0.15, 0.2) is 0 Å². The van der Waals surface area contributed by atoms with Gasteiger partial charge in [0.1, 0.15) is 0 Å². The Morgan fingerprint density at radius 1 is 1.26 bits per heavy atom. The molecule has 2 aliphatic carbocycles. The summed E-state index contributed by atoms with van der Waals surface area (Å²) in [6, 6.07) is 0. The molecule has 0 spiro atoms. The summed E-state index contributed by atoms with van der Waals surface area (Å²) >= 11 is 1.15. The quantitative estimate of drug-likeness (QED) is 0.870. The monoisotopic (exact) mass is 280 g/mol. The van der Waals surface area contributed by atoms with E-state index in [-0.39, 0.29) is 30.4 Å². The van der Waals surface area contributed by atoms with Crippen LogP contribution in [0, 0.1) is 11.8 Å². The predicted molar refractivity (Wildman–Crippen MR) is 67.2 cm³/mol. The number of ketones is 1. The van der Waals surface area contributed by atoms with E-state index in [9.17, 15) is 14.4 Å². The molecule has 1 fully saturated rings. The fraction of sp³-hybridized carbons (Fsp3) is 0.500. The standard InChI is InChI=1S/C12H12N2O4S/c15-8-4-6(11(17)18)3-7-9(8)19-12(13-7)14-10(16)5-1-2-5/h5-6H,1-4H2,(H,17,18)(H,13,14,16)/t6-/m1/s1. The Kier molecular flexibility index (Phi) is 2.85. The van der Waals surface area contributed by atoms with Crippen LogP contribution in [-0.4, -0.2) is 27.8 Å². The number of Topliss-reactive ketones (excluding diaryl/α,β-unsaturated/α-hetero) is 1. The third kappa shape index (κ3) is 2.37. The fourth-order valence-electron chi connectivity index (χ4n) is 2.11. The molecule has 19 heavy (non-hydrogen) atoms. The van der Waals surface area contributed by atoms with E-state index in [2.05, 4.69) is 10.3 Å². The Balaban J connectivity index is 1.80. The van der Waals surface area contributed by atoms with Crippen molar-refractivity contribution in [2.45, 2.75) is 25.7 Å². The van der Waals surface area contributed by atoms with Gasteiger partial charge in [0.15, 0.2) is 10.9 Å². The van der Waals surface area contributed by atoms with Gasteiger partial charge in [0.25, 0.3) is 0 Å². The molecule has 0 bridgehead atoms. The molecule has 0 saturated heterocycles. The summed E-state index contributed by atoms with van der Waals surface area (Å²) in [5.74, 6) is -1.86. The van der Waals surface area contributed by atoms with Crippen molar-refractivity contribution in [2.24, 2.45) is 11.8 Å². The molecule has 1 aromatic rings. The summed E-state index contributed by atoms with van der Waals surface area (Å²) in [7, 11) is 0. The SMILES string of the molecule is O=C1C[C@H](C(=O)O)Cc2nc(NC(=O)C3CC3)sc21. The molecule has 0 unspecified atom stereocenters. The van der Waals surface area contributed by atoms with Crippen molar-refractivity contribution in [1.29, 1.82) is 0 Å². The van der Waals surface area contributed by atoms with Crippen LogP contribution >= 0.6 is 11.3 Å². The van der Waals surface area contributed by atoms with Crippen LogP contribution in [0.25, 0.3) is 0 Å². The molecule has 7 heteroatoms. The first-order valence-electron chi connectivity index (χ1n) is 6.11. The Labute approximate surface area is 112 Å². The second-order valence-corrected chi connectivity index (χ2v) is 5.92. The van der Waals surface area contributed by atoms with Gasteiger partial charge >= 0.3 is 5.97 Å². The van der Waals surface area contributed by atoms with Crippen molar-refractivity contribution in [3.8, 4) is 0 Å². The van der Waals surface area contributed by atoms with E-state index in [0.29, 0.717) is 15.7 Å². The minimum Gasteiger partial charge on any atom is -0.481 e. The Hall–Kier alpha value is -1.76. The molecule has 3 rings (SSSR count). The van der Waals surface area contributed by atoms with Crippen molar-refractivity contribution in [1.82, 2.24) is 4.98 Å². The molecule has 1 amide bonds. The van der Waals surface area contributed by atoms with Gasteiger partial charge in [-0.1, -0.05) is 11.3 Å². The number of thiazole rings is 1. The molecule has 0 aromatic carbocycles. The Bertz CT molecular complexity index is 576. The number of fused-ring (bicyclic) bond motifs is 1. The number of carbonyl (C=O) groups is 3. The summed E-state index contributed by atoms with van der Waals surface area (Å²) < 4.78 is 0. The van der Waals surface area contributed by atoms with Crippen LogP contribution in [0.5, 0.6) is 0 Å². The fourth-order valence-corrected chi connectivity index (χ4v) is 3.06. The van der Waals surface area contributed by atoms with E-state index >= 15 is 0 Å². The van der Waals surface area contributed by atoms with E-state index in [0.717, 1.165) is 24.2 Å². The lowest BCUT2D eigenvalue weighted by Gasteiger charge is -2.15. The number of hydrogen-bond donors (Lipinski definition) is 2. The maximum atomic E-state index is 11.8. The lowest BCUT2D eigenvalue weighted by molar-refractivity contribution is -0.141. The number of nitrogens with one attached hydrogen (secondary N) is 1. The number of aromatic nitrogens is 1. The number of hydrogen-bond acceptors (Lipinski definition) is 5. The first-order valence-corrected chi connectivity index (χ1v) is 6.93. The summed E-state index contributed by atoms with van der Waals surface area (Å²) in [5.41, 5.74) is 0.500. The molecule has 2 N–H and O–H groups in total. The number of carboxylic acids is 1. The highest BCUT2D eigenvalue weighted by atomic mass is 32.1. The molecule has 100 valence electrons. The van der Waals surface area contributed by atoms with Crippen LogP contribution in [0.3, 0.4) is 0 Å². The number of aliphatic carboxylic acids is 1. The zero-order valence-corrected chi connectivity index (χ0v) is 10.8. The van der Waals surface area contributed by atoms with Gasteiger partial charge in [-0.2, -0.15) is 0 Å². The van der Waals surface area contributed by atoms with Crippen molar-refractivity contribution < 1.29 is 19.5 Å². The van der Waals surface area contributed by atoms with Crippen LogP contribution in [0.2, 0.25) is 0 Å². The normalized spacial score (nSPS) is 21.9. The van der Waals surface area contributed by atoms with Gasteiger partial charge in [-0.05, 0) is 12.8 Å². The van der Waals surface area contributed by atoms with Gasteiger partial charge < -0.3 is 10.4 Å². The number of amides is 1. The number of carboxylic acid groups (broad SMARTS) is 1. The first-order chi connectivity index (χ1) is 9.04. The summed E-state index contributed by atoms with van der Waals surface area (Å²) in [6.07, 6.45) is 2.07. The number of anilines is 1. The molecule has 0 radical (unpaired) electrons. The van der Waals surface area contributed by atoms with Gasteiger partial charge in [0, 0.05) is 18.8 Å². The lowest BCUT2D eigenvalue weighted by Crippen LogP contribution is -2.25. The third-order valence-corrected chi connectivity index (χ3v) is 4.40. The van der Waals surface area contributed by atoms with Gasteiger partial charge in [-0.15, -0.1) is 0 Å².